The second-order valence-corrected chi connectivity index (χ2v) is 5.17. The Kier molecular flexibility index (Phi) is 3.75. The van der Waals surface area contributed by atoms with Gasteiger partial charge in [-0.15, -0.1) is 0 Å². The fourth-order valence-corrected chi connectivity index (χ4v) is 2.50. The molecule has 1 aromatic heterocycles. The van der Waals surface area contributed by atoms with Crippen LogP contribution in [0.2, 0.25) is 0 Å². The number of oxazole rings is 1. The SMILES string of the molecule is CCc1cc(Br)c2oc(/C(C(C)=O)=C(/C)O)nc2c1. The summed E-state index contributed by atoms with van der Waals surface area (Å²) >= 11 is 3.43. The van der Waals surface area contributed by atoms with Crippen LogP contribution in [0.3, 0.4) is 0 Å². The Morgan fingerprint density at radius 2 is 2.11 bits per heavy atom. The third-order valence-corrected chi connectivity index (χ3v) is 3.43. The highest BCUT2D eigenvalue weighted by atomic mass is 79.9. The minimum atomic E-state index is -0.279. The summed E-state index contributed by atoms with van der Waals surface area (Å²) in [6.07, 6.45) is 0.880. The lowest BCUT2D eigenvalue weighted by atomic mass is 10.1. The van der Waals surface area contributed by atoms with Crippen molar-refractivity contribution in [2.45, 2.75) is 27.2 Å². The third-order valence-electron chi connectivity index (χ3n) is 2.84. The number of hydrogen-bond donors (Lipinski definition) is 1. The molecule has 0 radical (unpaired) electrons. The van der Waals surface area contributed by atoms with Crippen molar-refractivity contribution in [3.63, 3.8) is 0 Å². The van der Waals surface area contributed by atoms with Gasteiger partial charge >= 0.3 is 0 Å². The predicted octanol–water partition coefficient (Wildman–Crippen LogP) is 4.03. The topological polar surface area (TPSA) is 63.3 Å². The van der Waals surface area contributed by atoms with Crippen LogP contribution in [-0.2, 0) is 11.2 Å². The van der Waals surface area contributed by atoms with Gasteiger partial charge in [0.2, 0.25) is 5.89 Å². The quantitative estimate of drug-likeness (QED) is 0.684. The van der Waals surface area contributed by atoms with Gasteiger partial charge in [-0.2, -0.15) is 0 Å². The molecule has 0 aliphatic heterocycles. The van der Waals surface area contributed by atoms with Crippen molar-refractivity contribution in [1.29, 1.82) is 0 Å². The van der Waals surface area contributed by atoms with E-state index in [1.54, 1.807) is 0 Å². The van der Waals surface area contributed by atoms with E-state index in [0.717, 1.165) is 16.5 Å². The second-order valence-electron chi connectivity index (χ2n) is 4.32. The van der Waals surface area contributed by atoms with E-state index < -0.39 is 0 Å². The number of allylic oxidation sites excluding steroid dienone is 2. The number of aromatic nitrogens is 1. The highest BCUT2D eigenvalue weighted by Gasteiger charge is 2.19. The molecule has 2 rings (SSSR count). The zero-order valence-corrected chi connectivity index (χ0v) is 12.5. The number of aliphatic hydroxyl groups is 1. The molecule has 4 nitrogen and oxygen atoms in total. The lowest BCUT2D eigenvalue weighted by Crippen LogP contribution is -1.99. The van der Waals surface area contributed by atoms with E-state index in [0.29, 0.717) is 11.1 Å². The van der Waals surface area contributed by atoms with E-state index in [9.17, 15) is 9.90 Å². The minimum absolute atomic E-state index is 0.0918. The number of ketones is 1. The molecule has 100 valence electrons. The number of aliphatic hydroxyl groups excluding tert-OH is 1. The first-order valence-electron chi connectivity index (χ1n) is 5.94. The van der Waals surface area contributed by atoms with Crippen LogP contribution in [0.25, 0.3) is 16.7 Å². The number of aryl methyl sites for hydroxylation is 1. The zero-order chi connectivity index (χ0) is 14.2. The first-order valence-corrected chi connectivity index (χ1v) is 6.73. The first kappa shape index (κ1) is 13.8. The maximum atomic E-state index is 11.5. The molecule has 0 saturated carbocycles. The molecule has 5 heteroatoms. The van der Waals surface area contributed by atoms with Crippen molar-refractivity contribution in [3.05, 3.63) is 33.8 Å². The lowest BCUT2D eigenvalue weighted by molar-refractivity contribution is -0.112. The summed E-state index contributed by atoms with van der Waals surface area (Å²) < 4.78 is 6.38. The minimum Gasteiger partial charge on any atom is -0.512 e. The van der Waals surface area contributed by atoms with Crippen molar-refractivity contribution < 1.29 is 14.3 Å². The molecule has 0 spiro atoms. The zero-order valence-electron chi connectivity index (χ0n) is 11.0. The molecule has 0 amide bonds. The highest BCUT2D eigenvalue weighted by Crippen LogP contribution is 2.30. The Labute approximate surface area is 119 Å². The van der Waals surface area contributed by atoms with E-state index in [1.807, 2.05) is 19.1 Å². The molecule has 0 aliphatic carbocycles. The number of hydrogen-bond acceptors (Lipinski definition) is 4. The monoisotopic (exact) mass is 323 g/mol. The lowest BCUT2D eigenvalue weighted by Gasteiger charge is -1.98. The molecular formula is C14H14BrNO3. The molecule has 0 bridgehead atoms. The molecule has 1 aromatic carbocycles. The summed E-state index contributed by atoms with van der Waals surface area (Å²) in [5.74, 6) is -0.222. The third kappa shape index (κ3) is 2.56. The summed E-state index contributed by atoms with van der Waals surface area (Å²) in [6.45, 7) is 4.86. The van der Waals surface area contributed by atoms with Crippen LogP contribution >= 0.6 is 15.9 Å². The van der Waals surface area contributed by atoms with Crippen LogP contribution in [0.5, 0.6) is 0 Å². The van der Waals surface area contributed by atoms with Crippen LogP contribution < -0.4 is 0 Å². The molecule has 0 unspecified atom stereocenters. The normalized spacial score (nSPS) is 12.6. The maximum absolute atomic E-state index is 11.5. The number of halogens is 1. The van der Waals surface area contributed by atoms with Gasteiger partial charge in [0.05, 0.1) is 4.47 Å². The van der Waals surface area contributed by atoms with Gasteiger partial charge in [0.25, 0.3) is 0 Å². The largest absolute Gasteiger partial charge is 0.512 e. The number of rotatable bonds is 3. The van der Waals surface area contributed by atoms with Crippen LogP contribution in [0.4, 0.5) is 0 Å². The number of fused-ring (bicyclic) bond motifs is 1. The fourth-order valence-electron chi connectivity index (χ4n) is 1.92. The van der Waals surface area contributed by atoms with Crippen LogP contribution in [0.15, 0.2) is 26.8 Å². The Morgan fingerprint density at radius 1 is 1.42 bits per heavy atom. The predicted molar refractivity (Wildman–Crippen MR) is 77.0 cm³/mol. The van der Waals surface area contributed by atoms with Gasteiger partial charge in [0, 0.05) is 0 Å². The summed E-state index contributed by atoms with van der Waals surface area (Å²) in [6, 6.07) is 3.87. The van der Waals surface area contributed by atoms with Gasteiger partial charge in [-0.25, -0.2) is 4.98 Å². The highest BCUT2D eigenvalue weighted by molar-refractivity contribution is 9.10. The van der Waals surface area contributed by atoms with Gasteiger partial charge in [-0.1, -0.05) is 6.92 Å². The smallest absolute Gasteiger partial charge is 0.234 e. The molecule has 0 saturated heterocycles. The first-order chi connectivity index (χ1) is 8.93. The van der Waals surface area contributed by atoms with Crippen LogP contribution in [0, 0.1) is 0 Å². The van der Waals surface area contributed by atoms with E-state index in [4.69, 9.17) is 4.42 Å². The molecule has 19 heavy (non-hydrogen) atoms. The summed E-state index contributed by atoms with van der Waals surface area (Å²) in [7, 11) is 0. The molecule has 1 heterocycles. The Bertz CT molecular complexity index is 681. The van der Waals surface area contributed by atoms with Gasteiger partial charge < -0.3 is 9.52 Å². The molecule has 0 aliphatic rings. The Balaban J connectivity index is 2.68. The number of carbonyl (C=O) groups is 1. The average Bonchev–Trinajstić information content (AvgIpc) is 2.71. The number of carbonyl (C=O) groups excluding carboxylic acids is 1. The van der Waals surface area contributed by atoms with E-state index in [2.05, 4.69) is 20.9 Å². The van der Waals surface area contributed by atoms with Crippen molar-refractivity contribution in [2.75, 3.05) is 0 Å². The molecule has 0 fully saturated rings. The van der Waals surface area contributed by atoms with E-state index in [-0.39, 0.29) is 23.0 Å². The van der Waals surface area contributed by atoms with E-state index in [1.165, 1.54) is 13.8 Å². The summed E-state index contributed by atoms with van der Waals surface area (Å²) in [5.41, 5.74) is 2.47. The standard InChI is InChI=1S/C14H14BrNO3/c1-4-9-5-10(15)13-11(6-9)16-14(19-13)12(7(2)17)8(3)18/h5-6,17H,4H2,1-3H3/b12-7-. The fraction of sp³-hybridized carbons (Fsp3) is 0.286. The Morgan fingerprint density at radius 3 is 2.63 bits per heavy atom. The van der Waals surface area contributed by atoms with Crippen molar-refractivity contribution in [1.82, 2.24) is 4.98 Å². The van der Waals surface area contributed by atoms with E-state index >= 15 is 0 Å². The molecular weight excluding hydrogens is 310 g/mol. The number of nitrogens with zero attached hydrogens (tertiary/aromatic N) is 1. The van der Waals surface area contributed by atoms with Crippen LogP contribution in [0.1, 0.15) is 32.2 Å². The van der Waals surface area contributed by atoms with Crippen LogP contribution in [-0.4, -0.2) is 15.9 Å². The average molecular weight is 324 g/mol. The van der Waals surface area contributed by atoms with Gasteiger partial charge in [0.15, 0.2) is 11.4 Å². The second kappa shape index (κ2) is 5.17. The summed E-state index contributed by atoms with van der Waals surface area (Å²) in [4.78, 5) is 15.8. The van der Waals surface area contributed by atoms with Gasteiger partial charge in [0.1, 0.15) is 16.8 Å². The van der Waals surface area contributed by atoms with Crippen molar-refractivity contribution >= 4 is 38.4 Å². The van der Waals surface area contributed by atoms with Crippen molar-refractivity contribution in [3.8, 4) is 0 Å². The Hall–Kier alpha value is -1.62. The number of Topliss-reactive ketones (excluding diaryl/α,β-unsaturated/α-hetero) is 1. The maximum Gasteiger partial charge on any atom is 0.234 e. The van der Waals surface area contributed by atoms with Gasteiger partial charge in [-0.3, -0.25) is 4.79 Å². The number of benzene rings is 1. The van der Waals surface area contributed by atoms with Gasteiger partial charge in [-0.05, 0) is 53.9 Å². The van der Waals surface area contributed by atoms with Crippen molar-refractivity contribution in [2.24, 2.45) is 0 Å². The molecule has 1 N–H and O–H groups in total. The molecule has 0 atom stereocenters. The molecule has 2 aromatic rings. The summed E-state index contributed by atoms with van der Waals surface area (Å²) in [5, 5.41) is 9.58.